The first-order valence-corrected chi connectivity index (χ1v) is 8.70. The lowest BCUT2D eigenvalue weighted by Gasteiger charge is -2.05. The SMILES string of the molecule is Cc1ccccc1CSc1ncnc2c1nnn2-c1ccc(F)cc1. The molecule has 0 saturated heterocycles. The zero-order chi connectivity index (χ0) is 17.2. The maximum Gasteiger partial charge on any atom is 0.187 e. The molecule has 0 aliphatic heterocycles. The van der Waals surface area contributed by atoms with Crippen LogP contribution in [-0.2, 0) is 5.75 Å². The molecule has 0 bridgehead atoms. The molecular weight excluding hydrogens is 337 g/mol. The summed E-state index contributed by atoms with van der Waals surface area (Å²) in [6.45, 7) is 2.09. The van der Waals surface area contributed by atoms with Crippen molar-refractivity contribution in [3.63, 3.8) is 0 Å². The Labute approximate surface area is 147 Å². The summed E-state index contributed by atoms with van der Waals surface area (Å²) in [4.78, 5) is 8.64. The molecule has 2 aromatic carbocycles. The van der Waals surface area contributed by atoms with Crippen LogP contribution >= 0.6 is 11.8 Å². The van der Waals surface area contributed by atoms with Crippen molar-refractivity contribution in [3.05, 3.63) is 71.8 Å². The predicted molar refractivity (Wildman–Crippen MR) is 95.2 cm³/mol. The molecule has 0 atom stereocenters. The number of nitrogens with zero attached hydrogens (tertiary/aromatic N) is 5. The molecule has 0 fully saturated rings. The Hall–Kier alpha value is -2.80. The second kappa shape index (κ2) is 6.60. The lowest BCUT2D eigenvalue weighted by molar-refractivity contribution is 0.627. The van der Waals surface area contributed by atoms with Gasteiger partial charge in [0, 0.05) is 5.75 Å². The molecule has 7 heteroatoms. The highest BCUT2D eigenvalue weighted by Crippen LogP contribution is 2.27. The number of fused-ring (bicyclic) bond motifs is 1. The number of hydrogen-bond donors (Lipinski definition) is 0. The van der Waals surface area contributed by atoms with Crippen molar-refractivity contribution in [2.75, 3.05) is 0 Å². The minimum atomic E-state index is -0.294. The van der Waals surface area contributed by atoms with E-state index in [1.165, 1.54) is 29.6 Å². The molecule has 0 unspecified atom stereocenters. The molecule has 0 spiro atoms. The van der Waals surface area contributed by atoms with Gasteiger partial charge in [-0.3, -0.25) is 0 Å². The van der Waals surface area contributed by atoms with Gasteiger partial charge in [0.05, 0.1) is 5.69 Å². The van der Waals surface area contributed by atoms with E-state index in [1.807, 2.05) is 12.1 Å². The Balaban J connectivity index is 1.67. The van der Waals surface area contributed by atoms with Crippen LogP contribution in [0, 0.1) is 12.7 Å². The molecule has 0 radical (unpaired) electrons. The normalized spacial score (nSPS) is 11.1. The summed E-state index contributed by atoms with van der Waals surface area (Å²) in [6.07, 6.45) is 1.51. The summed E-state index contributed by atoms with van der Waals surface area (Å²) in [5, 5.41) is 9.16. The fraction of sp³-hybridized carbons (Fsp3) is 0.111. The van der Waals surface area contributed by atoms with E-state index in [9.17, 15) is 4.39 Å². The number of aromatic nitrogens is 5. The van der Waals surface area contributed by atoms with Gasteiger partial charge in [-0.1, -0.05) is 41.2 Å². The topological polar surface area (TPSA) is 56.5 Å². The number of thioether (sulfide) groups is 1. The van der Waals surface area contributed by atoms with Crippen molar-refractivity contribution < 1.29 is 4.39 Å². The van der Waals surface area contributed by atoms with E-state index in [2.05, 4.69) is 39.3 Å². The van der Waals surface area contributed by atoms with Crippen LogP contribution in [0.3, 0.4) is 0 Å². The Morgan fingerprint density at radius 1 is 1.04 bits per heavy atom. The van der Waals surface area contributed by atoms with E-state index in [0.29, 0.717) is 16.9 Å². The van der Waals surface area contributed by atoms with Crippen LogP contribution in [0.4, 0.5) is 4.39 Å². The maximum absolute atomic E-state index is 13.1. The molecule has 2 heterocycles. The Morgan fingerprint density at radius 2 is 1.84 bits per heavy atom. The van der Waals surface area contributed by atoms with Crippen LogP contribution in [0.1, 0.15) is 11.1 Å². The second-order valence-corrected chi connectivity index (χ2v) is 6.51. The largest absolute Gasteiger partial charge is 0.227 e. The van der Waals surface area contributed by atoms with Gasteiger partial charge in [0.2, 0.25) is 0 Å². The molecular formula is C18H14FN5S. The summed E-state index contributed by atoms with van der Waals surface area (Å²) >= 11 is 1.60. The van der Waals surface area contributed by atoms with Crippen LogP contribution in [0.2, 0.25) is 0 Å². The number of hydrogen-bond acceptors (Lipinski definition) is 5. The number of aryl methyl sites for hydroxylation is 1. The van der Waals surface area contributed by atoms with Gasteiger partial charge < -0.3 is 0 Å². The third kappa shape index (κ3) is 3.10. The molecule has 4 aromatic rings. The lowest BCUT2D eigenvalue weighted by Crippen LogP contribution is -1.98. The highest BCUT2D eigenvalue weighted by Gasteiger charge is 2.13. The molecule has 0 amide bonds. The highest BCUT2D eigenvalue weighted by atomic mass is 32.2. The number of rotatable bonds is 4. The summed E-state index contributed by atoms with van der Waals surface area (Å²) in [6, 6.07) is 14.3. The minimum absolute atomic E-state index is 0.294. The molecule has 5 nitrogen and oxygen atoms in total. The Morgan fingerprint density at radius 3 is 2.64 bits per heavy atom. The van der Waals surface area contributed by atoms with Gasteiger partial charge in [-0.25, -0.2) is 14.4 Å². The van der Waals surface area contributed by atoms with Crippen molar-refractivity contribution in [3.8, 4) is 5.69 Å². The van der Waals surface area contributed by atoms with Gasteiger partial charge in [-0.2, -0.15) is 4.68 Å². The van der Waals surface area contributed by atoms with Crippen LogP contribution in [0.25, 0.3) is 16.9 Å². The van der Waals surface area contributed by atoms with Crippen LogP contribution < -0.4 is 0 Å². The quantitative estimate of drug-likeness (QED) is 0.412. The second-order valence-electron chi connectivity index (χ2n) is 5.54. The Kier molecular flexibility index (Phi) is 4.15. The van der Waals surface area contributed by atoms with Gasteiger partial charge in [-0.15, -0.1) is 5.10 Å². The molecule has 2 aromatic heterocycles. The van der Waals surface area contributed by atoms with Gasteiger partial charge >= 0.3 is 0 Å². The minimum Gasteiger partial charge on any atom is -0.227 e. The fourth-order valence-electron chi connectivity index (χ4n) is 2.51. The van der Waals surface area contributed by atoms with E-state index in [4.69, 9.17) is 0 Å². The molecule has 0 saturated carbocycles. The van der Waals surface area contributed by atoms with Crippen molar-refractivity contribution >= 4 is 22.9 Å². The summed E-state index contributed by atoms with van der Waals surface area (Å²) in [5.41, 5.74) is 4.46. The fourth-order valence-corrected chi connectivity index (χ4v) is 3.51. The average Bonchev–Trinajstić information content (AvgIpc) is 3.06. The molecule has 124 valence electrons. The molecule has 0 N–H and O–H groups in total. The monoisotopic (exact) mass is 351 g/mol. The van der Waals surface area contributed by atoms with E-state index in [-0.39, 0.29) is 5.82 Å². The third-order valence-electron chi connectivity index (χ3n) is 3.90. The predicted octanol–water partition coefficient (Wildman–Crippen LogP) is 3.95. The van der Waals surface area contributed by atoms with Gasteiger partial charge in [0.15, 0.2) is 11.2 Å². The standard InChI is InChI=1S/C18H14FN5S/c1-12-4-2-3-5-13(12)10-25-18-16-17(20-11-21-18)24(23-22-16)15-8-6-14(19)7-9-15/h2-9,11H,10H2,1H3. The van der Waals surface area contributed by atoms with Crippen molar-refractivity contribution in [2.45, 2.75) is 17.7 Å². The first kappa shape index (κ1) is 15.7. The highest BCUT2D eigenvalue weighted by molar-refractivity contribution is 7.98. The molecule has 4 rings (SSSR count). The van der Waals surface area contributed by atoms with Crippen LogP contribution in [-0.4, -0.2) is 25.0 Å². The zero-order valence-electron chi connectivity index (χ0n) is 13.4. The van der Waals surface area contributed by atoms with Crippen LogP contribution in [0.5, 0.6) is 0 Å². The van der Waals surface area contributed by atoms with Crippen LogP contribution in [0.15, 0.2) is 59.9 Å². The lowest BCUT2D eigenvalue weighted by atomic mass is 10.1. The van der Waals surface area contributed by atoms with Gasteiger partial charge in [0.1, 0.15) is 17.2 Å². The van der Waals surface area contributed by atoms with E-state index < -0.39 is 0 Å². The zero-order valence-corrected chi connectivity index (χ0v) is 14.2. The third-order valence-corrected chi connectivity index (χ3v) is 4.93. The van der Waals surface area contributed by atoms with Gasteiger partial charge in [-0.05, 0) is 42.3 Å². The van der Waals surface area contributed by atoms with E-state index >= 15 is 0 Å². The maximum atomic E-state index is 13.1. The Bertz CT molecular complexity index is 1030. The number of benzene rings is 2. The molecule has 0 aliphatic carbocycles. The smallest absolute Gasteiger partial charge is 0.187 e. The van der Waals surface area contributed by atoms with Crippen molar-refractivity contribution in [1.29, 1.82) is 0 Å². The summed E-state index contributed by atoms with van der Waals surface area (Å²) in [5.74, 6) is 0.500. The summed E-state index contributed by atoms with van der Waals surface area (Å²) in [7, 11) is 0. The average molecular weight is 351 g/mol. The molecule has 25 heavy (non-hydrogen) atoms. The number of halogens is 1. The van der Waals surface area contributed by atoms with Gasteiger partial charge in [0.25, 0.3) is 0 Å². The summed E-state index contributed by atoms with van der Waals surface area (Å²) < 4.78 is 14.7. The van der Waals surface area contributed by atoms with E-state index in [0.717, 1.165) is 10.8 Å². The molecule has 0 aliphatic rings. The first-order chi connectivity index (χ1) is 12.2. The van der Waals surface area contributed by atoms with E-state index in [1.54, 1.807) is 28.6 Å². The van der Waals surface area contributed by atoms with Crippen molar-refractivity contribution in [2.24, 2.45) is 0 Å². The van der Waals surface area contributed by atoms with Crippen molar-refractivity contribution in [1.82, 2.24) is 25.0 Å². The first-order valence-electron chi connectivity index (χ1n) is 7.72.